The average molecular weight is 226 g/mol. The van der Waals surface area contributed by atoms with Crippen LogP contribution in [0.15, 0.2) is 55.3 Å². The van der Waals surface area contributed by atoms with Crippen molar-refractivity contribution in [3.05, 3.63) is 66.5 Å². The summed E-state index contributed by atoms with van der Waals surface area (Å²) in [5, 5.41) is 0. The highest BCUT2D eigenvalue weighted by molar-refractivity contribution is 5.76. The van der Waals surface area contributed by atoms with Gasteiger partial charge in [0, 0.05) is 6.20 Å². The Bertz CT molecular complexity index is 493. The predicted molar refractivity (Wildman–Crippen MR) is 75.1 cm³/mol. The number of pyridine rings is 1. The minimum absolute atomic E-state index is 0.478. The van der Waals surface area contributed by atoms with Gasteiger partial charge in [-0.2, -0.15) is 0 Å². The van der Waals surface area contributed by atoms with E-state index in [4.69, 9.17) is 5.73 Å². The van der Waals surface area contributed by atoms with Crippen LogP contribution >= 0.6 is 0 Å². The first-order valence-electron chi connectivity index (χ1n) is 5.46. The van der Waals surface area contributed by atoms with Crippen LogP contribution in [-0.4, -0.2) is 4.98 Å². The van der Waals surface area contributed by atoms with Crippen molar-refractivity contribution in [3.63, 3.8) is 0 Å². The van der Waals surface area contributed by atoms with Gasteiger partial charge in [-0.25, -0.2) is 0 Å². The third-order valence-corrected chi connectivity index (χ3v) is 2.44. The number of nitrogens with zero attached hydrogens (tertiary/aromatic N) is 1. The molecule has 2 nitrogen and oxygen atoms in total. The van der Waals surface area contributed by atoms with Gasteiger partial charge in [-0.15, -0.1) is 0 Å². The second kappa shape index (κ2) is 5.85. The van der Waals surface area contributed by atoms with E-state index >= 15 is 0 Å². The zero-order valence-corrected chi connectivity index (χ0v) is 10.4. The van der Waals surface area contributed by atoms with Crippen LogP contribution in [0.3, 0.4) is 0 Å². The lowest BCUT2D eigenvalue weighted by Gasteiger charge is -2.05. The van der Waals surface area contributed by atoms with Crippen molar-refractivity contribution in [1.82, 2.24) is 4.98 Å². The third kappa shape index (κ3) is 3.45. The minimum Gasteiger partial charge on any atom is -0.397 e. The van der Waals surface area contributed by atoms with Crippen LogP contribution in [-0.2, 0) is 0 Å². The molecule has 0 bridgehead atoms. The van der Waals surface area contributed by atoms with Crippen LogP contribution in [0.1, 0.15) is 25.1 Å². The largest absolute Gasteiger partial charge is 0.397 e. The molecule has 0 spiro atoms. The van der Waals surface area contributed by atoms with Crippen LogP contribution in [0.4, 0.5) is 0 Å². The van der Waals surface area contributed by atoms with Gasteiger partial charge < -0.3 is 5.73 Å². The molecule has 0 saturated carbocycles. The fourth-order valence-electron chi connectivity index (χ4n) is 1.42. The molecular weight excluding hydrogens is 208 g/mol. The van der Waals surface area contributed by atoms with Gasteiger partial charge in [-0.1, -0.05) is 37.0 Å². The Morgan fingerprint density at radius 1 is 1.47 bits per heavy atom. The fourth-order valence-corrected chi connectivity index (χ4v) is 1.42. The molecule has 0 aliphatic heterocycles. The Kier molecular flexibility index (Phi) is 4.46. The molecule has 1 rings (SSSR count). The first-order chi connectivity index (χ1) is 8.08. The second-order valence-corrected chi connectivity index (χ2v) is 3.79. The fraction of sp³-hybridized carbons (Fsp3) is 0.133. The van der Waals surface area contributed by atoms with Crippen LogP contribution in [0.25, 0.3) is 11.3 Å². The van der Waals surface area contributed by atoms with Crippen molar-refractivity contribution >= 4 is 11.3 Å². The monoisotopic (exact) mass is 226 g/mol. The molecule has 0 aromatic carbocycles. The maximum Gasteiger partial charge on any atom is 0.0858 e. The molecule has 2 N–H and O–H groups in total. The molecule has 0 aliphatic carbocycles. The molecular formula is C15H18N2. The summed E-state index contributed by atoms with van der Waals surface area (Å²) in [6.07, 6.45) is 7.69. The first-order valence-corrected chi connectivity index (χ1v) is 5.46. The lowest BCUT2D eigenvalue weighted by Crippen LogP contribution is -1.97. The zero-order valence-electron chi connectivity index (χ0n) is 10.4. The molecule has 1 aromatic heterocycles. The average Bonchev–Trinajstić information content (AvgIpc) is 2.35. The van der Waals surface area contributed by atoms with E-state index in [0.29, 0.717) is 11.4 Å². The summed E-state index contributed by atoms with van der Waals surface area (Å²) in [5.74, 6) is 0. The van der Waals surface area contributed by atoms with Crippen molar-refractivity contribution in [3.8, 4) is 0 Å². The van der Waals surface area contributed by atoms with E-state index in [1.54, 1.807) is 6.20 Å². The number of hydrogen-bond acceptors (Lipinski definition) is 2. The molecule has 0 aliphatic rings. The maximum absolute atomic E-state index is 5.64. The van der Waals surface area contributed by atoms with Crippen molar-refractivity contribution in [1.29, 1.82) is 0 Å². The molecule has 0 fully saturated rings. The van der Waals surface area contributed by atoms with Gasteiger partial charge in [0.2, 0.25) is 0 Å². The van der Waals surface area contributed by atoms with Gasteiger partial charge in [-0.3, -0.25) is 4.98 Å². The van der Waals surface area contributed by atoms with Crippen LogP contribution in [0, 0.1) is 0 Å². The van der Waals surface area contributed by atoms with Gasteiger partial charge in [-0.05, 0) is 37.1 Å². The van der Waals surface area contributed by atoms with E-state index in [2.05, 4.69) is 24.2 Å². The number of rotatable bonds is 4. The smallest absolute Gasteiger partial charge is 0.0858 e. The molecule has 0 atom stereocenters. The van der Waals surface area contributed by atoms with Crippen LogP contribution < -0.4 is 5.73 Å². The Hall–Kier alpha value is -2.09. The predicted octanol–water partition coefficient (Wildman–Crippen LogP) is 3.55. The summed E-state index contributed by atoms with van der Waals surface area (Å²) in [6, 6.07) is 3.89. The molecule has 0 saturated heterocycles. The Morgan fingerprint density at radius 2 is 2.18 bits per heavy atom. The van der Waals surface area contributed by atoms with Crippen molar-refractivity contribution in [2.45, 2.75) is 13.8 Å². The van der Waals surface area contributed by atoms with E-state index < -0.39 is 0 Å². The summed E-state index contributed by atoms with van der Waals surface area (Å²) < 4.78 is 0. The van der Waals surface area contributed by atoms with E-state index in [1.807, 2.05) is 38.1 Å². The minimum atomic E-state index is 0.478. The lowest BCUT2D eigenvalue weighted by molar-refractivity contribution is 1.25. The lowest BCUT2D eigenvalue weighted by atomic mass is 10.0. The number of hydrogen-bond donors (Lipinski definition) is 1. The topological polar surface area (TPSA) is 38.9 Å². The maximum atomic E-state index is 5.64. The second-order valence-electron chi connectivity index (χ2n) is 3.79. The highest BCUT2D eigenvalue weighted by Crippen LogP contribution is 2.19. The third-order valence-electron chi connectivity index (χ3n) is 2.44. The van der Waals surface area contributed by atoms with Crippen molar-refractivity contribution in [2.24, 2.45) is 5.73 Å². The summed E-state index contributed by atoms with van der Waals surface area (Å²) >= 11 is 0. The molecule has 0 amide bonds. The quantitative estimate of drug-likeness (QED) is 0.797. The molecule has 88 valence electrons. The summed E-state index contributed by atoms with van der Waals surface area (Å²) in [5.41, 5.74) is 10.1. The highest BCUT2D eigenvalue weighted by atomic mass is 14.7. The van der Waals surface area contributed by atoms with E-state index in [1.165, 1.54) is 0 Å². The van der Waals surface area contributed by atoms with Gasteiger partial charge in [0.25, 0.3) is 0 Å². The molecule has 0 radical (unpaired) electrons. The van der Waals surface area contributed by atoms with E-state index in [9.17, 15) is 0 Å². The van der Waals surface area contributed by atoms with Gasteiger partial charge in [0.05, 0.1) is 11.4 Å². The van der Waals surface area contributed by atoms with Crippen LogP contribution in [0.5, 0.6) is 0 Å². The van der Waals surface area contributed by atoms with Gasteiger partial charge in [0.15, 0.2) is 0 Å². The van der Waals surface area contributed by atoms with Crippen LogP contribution in [0.2, 0.25) is 0 Å². The molecule has 0 unspecified atom stereocenters. The number of nitrogens with two attached hydrogens (primary N) is 1. The SMILES string of the molecule is C=C/C(C)=C\C(=C/C)c1ccnc(C(=C)N)c1. The Labute approximate surface area is 103 Å². The number of aromatic nitrogens is 1. The molecule has 1 heterocycles. The highest BCUT2D eigenvalue weighted by Gasteiger charge is 2.01. The Balaban J connectivity index is 3.18. The van der Waals surface area contributed by atoms with Gasteiger partial charge in [0.1, 0.15) is 0 Å². The van der Waals surface area contributed by atoms with E-state index in [0.717, 1.165) is 16.7 Å². The Morgan fingerprint density at radius 3 is 2.71 bits per heavy atom. The first kappa shape index (κ1) is 13.0. The summed E-state index contributed by atoms with van der Waals surface area (Å²) in [6.45, 7) is 11.5. The van der Waals surface area contributed by atoms with Crippen molar-refractivity contribution < 1.29 is 0 Å². The number of allylic oxidation sites excluding steroid dienone is 5. The standard InChI is InChI=1S/C15H18N2/c1-5-11(3)9-13(6-2)14-7-8-17-15(10-14)12(4)16/h5-10H,1,4,16H2,2-3H3/b11-9-,13-6+. The van der Waals surface area contributed by atoms with Gasteiger partial charge >= 0.3 is 0 Å². The van der Waals surface area contributed by atoms with Crippen molar-refractivity contribution in [2.75, 3.05) is 0 Å². The van der Waals surface area contributed by atoms with E-state index in [-0.39, 0.29) is 0 Å². The molecule has 17 heavy (non-hydrogen) atoms. The molecule has 1 aromatic rings. The summed E-state index contributed by atoms with van der Waals surface area (Å²) in [7, 11) is 0. The normalized spacial score (nSPS) is 12.4. The zero-order chi connectivity index (χ0) is 12.8. The molecule has 2 heteroatoms. The summed E-state index contributed by atoms with van der Waals surface area (Å²) in [4.78, 5) is 4.16.